The Morgan fingerprint density at radius 1 is 0.188 bits per heavy atom. The van der Waals surface area contributed by atoms with Crippen molar-refractivity contribution < 1.29 is 0 Å². The molecule has 85 heavy (non-hydrogen) atoms. The molecule has 0 saturated heterocycles. The van der Waals surface area contributed by atoms with Crippen LogP contribution in [-0.4, -0.2) is 19.5 Å². The second-order valence-electron chi connectivity index (χ2n) is 21.5. The normalized spacial score (nSPS) is 11.3. The summed E-state index contributed by atoms with van der Waals surface area (Å²) in [6.07, 6.45) is 0. The Balaban J connectivity index is 1.04. The molecule has 398 valence electrons. The van der Waals surface area contributed by atoms with Gasteiger partial charge in [-0.15, -0.1) is 0 Å². The highest BCUT2D eigenvalue weighted by molar-refractivity contribution is 6.17. The fourth-order valence-corrected chi connectivity index (χ4v) is 12.1. The molecular weight excluding hydrogens is 1030 g/mol. The van der Waals surface area contributed by atoms with Gasteiger partial charge in [0.1, 0.15) is 0 Å². The van der Waals surface area contributed by atoms with Crippen LogP contribution in [0.5, 0.6) is 0 Å². The van der Waals surface area contributed by atoms with Crippen LogP contribution in [0.15, 0.2) is 328 Å². The zero-order valence-electron chi connectivity index (χ0n) is 46.5. The Hall–Kier alpha value is -11.3. The van der Waals surface area contributed by atoms with Crippen LogP contribution in [0.4, 0.5) is 0 Å². The highest BCUT2D eigenvalue weighted by Crippen LogP contribution is 2.48. The summed E-state index contributed by atoms with van der Waals surface area (Å²) in [5, 5.41) is 2.32. The molecule has 0 fully saturated rings. The number of rotatable bonds is 12. The van der Waals surface area contributed by atoms with E-state index in [2.05, 4.69) is 332 Å². The monoisotopic (exact) mass is 1080 g/mol. The van der Waals surface area contributed by atoms with E-state index in [4.69, 9.17) is 15.0 Å². The standard InChI is InChI=1S/C81H54N4/c1-9-25-55(26-10-1)60-41-43-64(44-42-60)79-82-80(69-48-66(57-29-13-3-14-30-57)47-67(49-69)58-31-15-4-16-32-58)84-81(83-79)70-53-72(62-37-21-7-22-38-62)77(73(54-70)63-39-23-8-24-40-63)85-76-46-45-65(56-27-11-2-12-28-56)50-74(76)75-52-68(59-33-17-5-18-34-59)51-71(78(75)85)61-35-19-6-20-36-61/h1-54H. The molecule has 15 rings (SSSR count). The third-order valence-corrected chi connectivity index (χ3v) is 16.2. The first-order valence-corrected chi connectivity index (χ1v) is 28.9. The number of fused-ring (bicyclic) bond motifs is 3. The summed E-state index contributed by atoms with van der Waals surface area (Å²) in [7, 11) is 0. The first-order valence-electron chi connectivity index (χ1n) is 28.9. The first-order chi connectivity index (χ1) is 42.1. The molecule has 0 spiro atoms. The molecule has 0 unspecified atom stereocenters. The van der Waals surface area contributed by atoms with Crippen molar-refractivity contribution in [2.45, 2.75) is 0 Å². The van der Waals surface area contributed by atoms with Gasteiger partial charge in [0.05, 0.1) is 16.7 Å². The van der Waals surface area contributed by atoms with Gasteiger partial charge in [-0.05, 0) is 127 Å². The van der Waals surface area contributed by atoms with Gasteiger partial charge in [-0.2, -0.15) is 0 Å². The summed E-state index contributed by atoms with van der Waals surface area (Å²) in [5.74, 6) is 1.72. The van der Waals surface area contributed by atoms with Gasteiger partial charge in [0.2, 0.25) is 0 Å². The summed E-state index contributed by atoms with van der Waals surface area (Å²) >= 11 is 0. The van der Waals surface area contributed by atoms with E-state index in [1.54, 1.807) is 0 Å². The van der Waals surface area contributed by atoms with Crippen LogP contribution < -0.4 is 0 Å². The molecule has 0 N–H and O–H groups in total. The molecule has 0 bridgehead atoms. The maximum atomic E-state index is 5.60. The van der Waals surface area contributed by atoms with E-state index in [1.807, 2.05) is 0 Å². The number of hydrogen-bond acceptors (Lipinski definition) is 3. The lowest BCUT2D eigenvalue weighted by molar-refractivity contribution is 1.07. The topological polar surface area (TPSA) is 43.6 Å². The zero-order chi connectivity index (χ0) is 56.5. The third kappa shape index (κ3) is 9.88. The van der Waals surface area contributed by atoms with Gasteiger partial charge in [-0.1, -0.05) is 273 Å². The predicted molar refractivity (Wildman–Crippen MR) is 354 cm³/mol. The quantitative estimate of drug-likeness (QED) is 0.122. The summed E-state index contributed by atoms with van der Waals surface area (Å²) in [5.41, 5.74) is 23.6. The van der Waals surface area contributed by atoms with Gasteiger partial charge >= 0.3 is 0 Å². The molecule has 4 heteroatoms. The molecular formula is C81H54N4. The molecule has 0 amide bonds. The minimum absolute atomic E-state index is 0.562. The van der Waals surface area contributed by atoms with E-state index >= 15 is 0 Å². The summed E-state index contributed by atoms with van der Waals surface area (Å²) in [6.45, 7) is 0. The van der Waals surface area contributed by atoms with Crippen LogP contribution in [0.2, 0.25) is 0 Å². The van der Waals surface area contributed by atoms with E-state index in [1.165, 1.54) is 5.56 Å². The molecule has 0 aliphatic rings. The summed E-state index contributed by atoms with van der Waals surface area (Å²) in [4.78, 5) is 16.6. The van der Waals surface area contributed by atoms with Gasteiger partial charge in [0.25, 0.3) is 0 Å². The van der Waals surface area contributed by atoms with Gasteiger partial charge in [0.15, 0.2) is 17.5 Å². The fraction of sp³-hybridized carbons (Fsp3) is 0. The molecule has 0 aliphatic carbocycles. The largest absolute Gasteiger partial charge is 0.307 e. The predicted octanol–water partition coefficient (Wildman–Crippen LogP) is 21.3. The van der Waals surface area contributed by atoms with Crippen LogP contribution in [0.3, 0.4) is 0 Å². The molecule has 0 aliphatic heterocycles. The lowest BCUT2D eigenvalue weighted by Crippen LogP contribution is -2.05. The second-order valence-corrected chi connectivity index (χ2v) is 21.5. The Labute approximate surface area is 495 Å². The van der Waals surface area contributed by atoms with Crippen molar-refractivity contribution in [2.24, 2.45) is 0 Å². The van der Waals surface area contributed by atoms with Crippen molar-refractivity contribution in [3.05, 3.63) is 328 Å². The smallest absolute Gasteiger partial charge is 0.164 e. The summed E-state index contributed by atoms with van der Waals surface area (Å²) in [6, 6.07) is 117. The highest BCUT2D eigenvalue weighted by atomic mass is 15.0. The molecule has 13 aromatic carbocycles. The maximum absolute atomic E-state index is 5.60. The molecule has 15 aromatic rings. The number of nitrogens with zero attached hydrogens (tertiary/aromatic N) is 4. The van der Waals surface area contributed by atoms with E-state index < -0.39 is 0 Å². The zero-order valence-corrected chi connectivity index (χ0v) is 46.5. The molecule has 2 aromatic heterocycles. The first kappa shape index (κ1) is 50.6. The second kappa shape index (κ2) is 22.2. The fourth-order valence-electron chi connectivity index (χ4n) is 12.1. The van der Waals surface area contributed by atoms with E-state index in [0.717, 1.165) is 128 Å². The van der Waals surface area contributed by atoms with Crippen molar-refractivity contribution in [3.8, 4) is 129 Å². The highest BCUT2D eigenvalue weighted by Gasteiger charge is 2.26. The molecule has 2 heterocycles. The lowest BCUT2D eigenvalue weighted by atomic mass is 9.92. The van der Waals surface area contributed by atoms with E-state index in [9.17, 15) is 0 Å². The van der Waals surface area contributed by atoms with Crippen molar-refractivity contribution >= 4 is 21.8 Å². The molecule has 0 atom stereocenters. The SMILES string of the molecule is c1ccc(-c2ccc(-c3nc(-c4cc(-c5ccccc5)cc(-c5ccccc5)c4)nc(-c4cc(-c5ccccc5)c(-n5c6ccc(-c7ccccc7)cc6c6cc(-c7ccccc7)cc(-c7ccccc7)c65)c(-c5ccccc5)c4)n3)cc2)cc1. The van der Waals surface area contributed by atoms with Crippen LogP contribution in [0.25, 0.3) is 151 Å². The molecule has 0 saturated carbocycles. The minimum atomic E-state index is 0.562. The van der Waals surface area contributed by atoms with Crippen LogP contribution in [0, 0.1) is 0 Å². The Kier molecular flexibility index (Phi) is 13.2. The number of benzene rings is 13. The van der Waals surface area contributed by atoms with Gasteiger partial charge in [-0.25, -0.2) is 15.0 Å². The van der Waals surface area contributed by atoms with Crippen LogP contribution in [-0.2, 0) is 0 Å². The van der Waals surface area contributed by atoms with Crippen molar-refractivity contribution in [1.29, 1.82) is 0 Å². The van der Waals surface area contributed by atoms with Gasteiger partial charge in [0, 0.05) is 44.2 Å². The minimum Gasteiger partial charge on any atom is -0.307 e. The maximum Gasteiger partial charge on any atom is 0.164 e. The van der Waals surface area contributed by atoms with Crippen molar-refractivity contribution in [1.82, 2.24) is 19.5 Å². The summed E-state index contributed by atoms with van der Waals surface area (Å²) < 4.78 is 2.55. The van der Waals surface area contributed by atoms with Crippen LogP contribution in [0.1, 0.15) is 0 Å². The van der Waals surface area contributed by atoms with Crippen molar-refractivity contribution in [3.63, 3.8) is 0 Å². The van der Waals surface area contributed by atoms with Crippen LogP contribution >= 0.6 is 0 Å². The van der Waals surface area contributed by atoms with Gasteiger partial charge < -0.3 is 4.57 Å². The number of aromatic nitrogens is 4. The lowest BCUT2D eigenvalue weighted by Gasteiger charge is -2.22. The average Bonchev–Trinajstić information content (AvgIpc) is 2.15. The Bertz CT molecular complexity index is 4740. The molecule has 0 radical (unpaired) electrons. The third-order valence-electron chi connectivity index (χ3n) is 16.2. The van der Waals surface area contributed by atoms with E-state index in [0.29, 0.717) is 17.5 Å². The molecule has 4 nitrogen and oxygen atoms in total. The van der Waals surface area contributed by atoms with E-state index in [-0.39, 0.29) is 0 Å². The van der Waals surface area contributed by atoms with Crippen molar-refractivity contribution in [2.75, 3.05) is 0 Å². The number of hydrogen-bond donors (Lipinski definition) is 0. The average molecular weight is 1080 g/mol. The van der Waals surface area contributed by atoms with Gasteiger partial charge in [-0.3, -0.25) is 0 Å². The Morgan fingerprint density at radius 2 is 0.471 bits per heavy atom. The Morgan fingerprint density at radius 3 is 0.906 bits per heavy atom.